The van der Waals surface area contributed by atoms with Crippen LogP contribution in [0.3, 0.4) is 0 Å². The number of nitrogens with one attached hydrogen (secondary N) is 1. The van der Waals surface area contributed by atoms with E-state index in [1.807, 2.05) is 0 Å². The summed E-state index contributed by atoms with van der Waals surface area (Å²) in [5.41, 5.74) is 1.07. The van der Waals surface area contributed by atoms with Crippen LogP contribution in [-0.4, -0.2) is 28.0 Å². The van der Waals surface area contributed by atoms with E-state index in [2.05, 4.69) is 5.32 Å². The molecule has 0 aliphatic carbocycles. The van der Waals surface area contributed by atoms with E-state index in [1.165, 1.54) is 31.4 Å². The van der Waals surface area contributed by atoms with Crippen LogP contribution in [0.15, 0.2) is 83.8 Å². The fraction of sp³-hybridized carbons (Fsp3) is 0.174. The van der Waals surface area contributed by atoms with Crippen molar-refractivity contribution >= 4 is 21.6 Å². The summed E-state index contributed by atoms with van der Waals surface area (Å²) in [5.74, 6) is -0.336. The molecule has 31 heavy (non-hydrogen) atoms. The lowest BCUT2D eigenvalue weighted by molar-refractivity contribution is -0.120. The zero-order valence-corrected chi connectivity index (χ0v) is 18.0. The monoisotopic (exact) mass is 442 g/mol. The molecular formula is C23H23FN2O4S. The lowest BCUT2D eigenvalue weighted by Gasteiger charge is -2.25. The van der Waals surface area contributed by atoms with Gasteiger partial charge in [-0.1, -0.05) is 30.3 Å². The minimum atomic E-state index is -4.01. The molecule has 0 spiro atoms. The van der Waals surface area contributed by atoms with Gasteiger partial charge in [0.2, 0.25) is 5.91 Å². The molecule has 0 saturated heterocycles. The van der Waals surface area contributed by atoms with Gasteiger partial charge in [0.05, 0.1) is 23.7 Å². The van der Waals surface area contributed by atoms with Crippen LogP contribution in [0.2, 0.25) is 0 Å². The van der Waals surface area contributed by atoms with Gasteiger partial charge in [0.1, 0.15) is 18.1 Å². The Morgan fingerprint density at radius 3 is 2.19 bits per heavy atom. The zero-order chi connectivity index (χ0) is 22.4. The second kappa shape index (κ2) is 9.61. The minimum absolute atomic E-state index is 0.0385. The van der Waals surface area contributed by atoms with Crippen LogP contribution in [0, 0.1) is 5.82 Å². The summed E-state index contributed by atoms with van der Waals surface area (Å²) >= 11 is 0. The van der Waals surface area contributed by atoms with Crippen molar-refractivity contribution in [3.8, 4) is 5.75 Å². The summed E-state index contributed by atoms with van der Waals surface area (Å²) in [6.45, 7) is 1.33. The summed E-state index contributed by atoms with van der Waals surface area (Å²) in [5, 5.41) is 2.77. The Morgan fingerprint density at radius 1 is 1.00 bits per heavy atom. The zero-order valence-electron chi connectivity index (χ0n) is 17.2. The Balaban J connectivity index is 1.85. The van der Waals surface area contributed by atoms with Gasteiger partial charge in [-0.05, 0) is 61.0 Å². The van der Waals surface area contributed by atoms with E-state index >= 15 is 0 Å². The number of methoxy groups -OCH3 is 1. The lowest BCUT2D eigenvalue weighted by atomic mass is 10.1. The molecular weight excluding hydrogens is 419 g/mol. The number of rotatable bonds is 8. The maximum Gasteiger partial charge on any atom is 0.264 e. The van der Waals surface area contributed by atoms with Crippen molar-refractivity contribution in [3.05, 3.63) is 90.2 Å². The van der Waals surface area contributed by atoms with Gasteiger partial charge in [-0.3, -0.25) is 9.10 Å². The fourth-order valence-electron chi connectivity index (χ4n) is 3.04. The van der Waals surface area contributed by atoms with Crippen molar-refractivity contribution in [1.82, 2.24) is 5.32 Å². The van der Waals surface area contributed by atoms with Gasteiger partial charge >= 0.3 is 0 Å². The average Bonchev–Trinajstić information content (AvgIpc) is 2.78. The summed E-state index contributed by atoms with van der Waals surface area (Å²) in [6.07, 6.45) is 0. The van der Waals surface area contributed by atoms with Crippen LogP contribution in [0.5, 0.6) is 5.75 Å². The first-order chi connectivity index (χ1) is 14.8. The maximum atomic E-state index is 13.3. The highest BCUT2D eigenvalue weighted by Crippen LogP contribution is 2.25. The number of halogens is 1. The van der Waals surface area contributed by atoms with Gasteiger partial charge in [0.15, 0.2) is 0 Å². The maximum absolute atomic E-state index is 13.3. The van der Waals surface area contributed by atoms with Gasteiger partial charge in [-0.2, -0.15) is 0 Å². The minimum Gasteiger partial charge on any atom is -0.497 e. The number of carbonyl (C=O) groups excluding carboxylic acids is 1. The molecule has 0 aliphatic rings. The van der Waals surface area contributed by atoms with E-state index in [1.54, 1.807) is 61.5 Å². The first-order valence-corrected chi connectivity index (χ1v) is 11.0. The van der Waals surface area contributed by atoms with Crippen LogP contribution in [0.25, 0.3) is 0 Å². The van der Waals surface area contributed by atoms with Crippen LogP contribution in [-0.2, 0) is 14.8 Å². The Kier molecular flexibility index (Phi) is 6.91. The Labute approximate surface area is 181 Å². The van der Waals surface area contributed by atoms with Crippen molar-refractivity contribution < 1.29 is 22.3 Å². The van der Waals surface area contributed by atoms with Gasteiger partial charge in [-0.15, -0.1) is 0 Å². The van der Waals surface area contributed by atoms with Crippen molar-refractivity contribution in [2.24, 2.45) is 0 Å². The van der Waals surface area contributed by atoms with E-state index in [0.29, 0.717) is 17.0 Å². The molecule has 1 amide bonds. The molecule has 0 aromatic heterocycles. The number of anilines is 1. The van der Waals surface area contributed by atoms with E-state index in [9.17, 15) is 17.6 Å². The van der Waals surface area contributed by atoms with Crippen molar-refractivity contribution in [2.75, 3.05) is 18.0 Å². The number of hydrogen-bond acceptors (Lipinski definition) is 4. The first kappa shape index (κ1) is 22.3. The average molecular weight is 443 g/mol. The molecule has 3 aromatic rings. The van der Waals surface area contributed by atoms with Gasteiger partial charge in [0.25, 0.3) is 10.0 Å². The van der Waals surface area contributed by atoms with Gasteiger partial charge in [-0.25, -0.2) is 12.8 Å². The standard InChI is InChI=1S/C23H23FN2O4S/c1-17(18-8-10-19(24)11-9-18)25-23(27)16-26(20-6-4-3-5-7-20)31(28,29)22-14-12-21(30-2)13-15-22/h3-15,17H,16H2,1-2H3,(H,25,27)/t17-/m1/s1. The highest BCUT2D eigenvalue weighted by Gasteiger charge is 2.27. The van der Waals surface area contributed by atoms with Gasteiger partial charge < -0.3 is 10.1 Å². The summed E-state index contributed by atoms with van der Waals surface area (Å²) < 4.78 is 45.9. The number of nitrogens with zero attached hydrogens (tertiary/aromatic N) is 1. The third-order valence-electron chi connectivity index (χ3n) is 4.73. The predicted molar refractivity (Wildman–Crippen MR) is 117 cm³/mol. The molecule has 1 atom stereocenters. The van der Waals surface area contributed by atoms with Crippen LogP contribution in [0.1, 0.15) is 18.5 Å². The molecule has 6 nitrogen and oxygen atoms in total. The van der Waals surface area contributed by atoms with E-state index in [4.69, 9.17) is 4.74 Å². The number of benzene rings is 3. The Morgan fingerprint density at radius 2 is 1.61 bits per heavy atom. The number of sulfonamides is 1. The number of carbonyl (C=O) groups is 1. The Bertz CT molecular complexity index is 1120. The van der Waals surface area contributed by atoms with E-state index in [0.717, 1.165) is 4.31 Å². The molecule has 0 heterocycles. The highest BCUT2D eigenvalue weighted by atomic mass is 32.2. The van der Waals surface area contributed by atoms with Crippen molar-refractivity contribution in [1.29, 1.82) is 0 Å². The van der Waals surface area contributed by atoms with Crippen LogP contribution < -0.4 is 14.4 Å². The number of para-hydroxylation sites is 1. The molecule has 0 bridgehead atoms. The lowest BCUT2D eigenvalue weighted by Crippen LogP contribution is -2.41. The van der Waals surface area contributed by atoms with Crippen molar-refractivity contribution in [2.45, 2.75) is 17.9 Å². The van der Waals surface area contributed by atoms with Crippen LogP contribution in [0.4, 0.5) is 10.1 Å². The third-order valence-corrected chi connectivity index (χ3v) is 6.51. The molecule has 0 saturated carbocycles. The summed E-state index contributed by atoms with van der Waals surface area (Å²) in [6, 6.07) is 19.7. The molecule has 8 heteroatoms. The number of ether oxygens (including phenoxy) is 1. The second-order valence-electron chi connectivity index (χ2n) is 6.86. The second-order valence-corrected chi connectivity index (χ2v) is 8.73. The molecule has 0 unspecified atom stereocenters. The van der Waals surface area contributed by atoms with Gasteiger partial charge in [0, 0.05) is 0 Å². The Hall–Kier alpha value is -3.39. The van der Waals surface area contributed by atoms with Crippen LogP contribution >= 0.6 is 0 Å². The number of amides is 1. The SMILES string of the molecule is COc1ccc(S(=O)(=O)N(CC(=O)N[C@H](C)c2ccc(F)cc2)c2ccccc2)cc1. The molecule has 162 valence electrons. The molecule has 0 aliphatic heterocycles. The molecule has 3 aromatic carbocycles. The smallest absolute Gasteiger partial charge is 0.264 e. The first-order valence-electron chi connectivity index (χ1n) is 9.58. The number of hydrogen-bond donors (Lipinski definition) is 1. The largest absolute Gasteiger partial charge is 0.497 e. The molecule has 0 fully saturated rings. The molecule has 0 radical (unpaired) electrons. The predicted octanol–water partition coefficient (Wildman–Crippen LogP) is 3.91. The quantitative estimate of drug-likeness (QED) is 0.574. The normalized spacial score (nSPS) is 12.1. The topological polar surface area (TPSA) is 75.7 Å². The summed E-state index contributed by atoms with van der Waals surface area (Å²) in [4.78, 5) is 12.8. The highest BCUT2D eigenvalue weighted by molar-refractivity contribution is 7.92. The molecule has 3 rings (SSSR count). The molecule has 1 N–H and O–H groups in total. The fourth-order valence-corrected chi connectivity index (χ4v) is 4.46. The van der Waals surface area contributed by atoms with Crippen molar-refractivity contribution in [3.63, 3.8) is 0 Å². The van der Waals surface area contributed by atoms with E-state index < -0.39 is 28.5 Å². The third kappa shape index (κ3) is 5.40. The summed E-state index contributed by atoms with van der Waals surface area (Å²) in [7, 11) is -2.52. The van der Waals surface area contributed by atoms with E-state index in [-0.39, 0.29) is 10.7 Å².